The van der Waals surface area contributed by atoms with Crippen molar-refractivity contribution in [2.75, 3.05) is 5.32 Å². The van der Waals surface area contributed by atoms with Crippen molar-refractivity contribution in [3.05, 3.63) is 114 Å². The maximum atomic E-state index is 14.1. The number of hydrogen-bond acceptors (Lipinski definition) is 4. The highest BCUT2D eigenvalue weighted by atomic mass is 19.4. The molecule has 0 saturated carbocycles. The zero-order valence-electron chi connectivity index (χ0n) is 20.0. The first-order valence-electron chi connectivity index (χ1n) is 11.8. The summed E-state index contributed by atoms with van der Waals surface area (Å²) >= 11 is 0. The van der Waals surface area contributed by atoms with Crippen LogP contribution in [0.15, 0.2) is 91.4 Å². The SMILES string of the molecule is O=C(Nc1cnn(Cc2cccc(F)c2)c1)c1cnn2c(C(F)(F)F)cc(-c3cccc4ccccc34)nc12. The first-order valence-corrected chi connectivity index (χ1v) is 11.8. The van der Waals surface area contributed by atoms with Gasteiger partial charge >= 0.3 is 6.18 Å². The zero-order chi connectivity index (χ0) is 27.1. The van der Waals surface area contributed by atoms with Crippen molar-refractivity contribution in [2.45, 2.75) is 12.7 Å². The van der Waals surface area contributed by atoms with Crippen LogP contribution < -0.4 is 5.32 Å². The molecule has 0 unspecified atom stereocenters. The summed E-state index contributed by atoms with van der Waals surface area (Å²) in [5.74, 6) is -1.08. The summed E-state index contributed by atoms with van der Waals surface area (Å²) in [7, 11) is 0. The Labute approximate surface area is 218 Å². The van der Waals surface area contributed by atoms with Crippen molar-refractivity contribution in [1.29, 1.82) is 0 Å². The number of benzene rings is 3. The largest absolute Gasteiger partial charge is 0.433 e. The minimum absolute atomic E-state index is 0.0593. The van der Waals surface area contributed by atoms with Crippen LogP contribution in [0.25, 0.3) is 27.7 Å². The van der Waals surface area contributed by atoms with Gasteiger partial charge in [-0.1, -0.05) is 54.6 Å². The molecule has 0 bridgehead atoms. The molecule has 0 atom stereocenters. The lowest BCUT2D eigenvalue weighted by Gasteiger charge is -2.13. The second kappa shape index (κ2) is 9.35. The molecule has 0 saturated heterocycles. The molecule has 0 aliphatic heterocycles. The highest BCUT2D eigenvalue weighted by Gasteiger charge is 2.36. The summed E-state index contributed by atoms with van der Waals surface area (Å²) in [5.41, 5.74) is 0.0899. The van der Waals surface area contributed by atoms with Gasteiger partial charge in [-0.2, -0.15) is 23.4 Å². The molecular formula is C28H18F4N6O. The number of rotatable bonds is 5. The Hall–Kier alpha value is -5.06. The van der Waals surface area contributed by atoms with Gasteiger partial charge in [-0.3, -0.25) is 9.48 Å². The van der Waals surface area contributed by atoms with Gasteiger partial charge in [-0.15, -0.1) is 0 Å². The molecule has 0 spiro atoms. The van der Waals surface area contributed by atoms with Crippen LogP contribution in [-0.2, 0) is 12.7 Å². The minimum Gasteiger partial charge on any atom is -0.319 e. The number of alkyl halides is 3. The van der Waals surface area contributed by atoms with E-state index in [0.717, 1.165) is 23.0 Å². The van der Waals surface area contributed by atoms with Crippen LogP contribution in [0, 0.1) is 5.82 Å². The standard InChI is InChI=1S/C28H18F4N6O/c29-19-8-3-5-17(11-19)15-37-16-20(13-33-37)35-27(39)23-14-34-38-25(28(30,31)32)12-24(36-26(23)38)22-10-4-7-18-6-1-2-9-21(18)22/h1-14,16H,15H2,(H,35,39). The summed E-state index contributed by atoms with van der Waals surface area (Å²) in [6.45, 7) is 0.259. The van der Waals surface area contributed by atoms with Crippen LogP contribution in [0.3, 0.4) is 0 Å². The lowest BCUT2D eigenvalue weighted by atomic mass is 10.0. The molecule has 0 fully saturated rings. The quantitative estimate of drug-likeness (QED) is 0.269. The van der Waals surface area contributed by atoms with E-state index in [4.69, 9.17) is 0 Å². The molecule has 39 heavy (non-hydrogen) atoms. The molecule has 3 aromatic carbocycles. The number of carbonyl (C=O) groups excluding carboxylic acids is 1. The lowest BCUT2D eigenvalue weighted by Crippen LogP contribution is -2.15. The molecule has 194 valence electrons. The van der Waals surface area contributed by atoms with Crippen LogP contribution in [0.5, 0.6) is 0 Å². The lowest BCUT2D eigenvalue weighted by molar-refractivity contribution is -0.142. The van der Waals surface area contributed by atoms with Crippen LogP contribution in [0.4, 0.5) is 23.2 Å². The molecule has 7 nitrogen and oxygen atoms in total. The van der Waals surface area contributed by atoms with E-state index in [9.17, 15) is 22.4 Å². The number of nitrogens with one attached hydrogen (secondary N) is 1. The van der Waals surface area contributed by atoms with Gasteiger partial charge in [-0.05, 0) is 34.5 Å². The van der Waals surface area contributed by atoms with E-state index in [1.807, 2.05) is 18.2 Å². The van der Waals surface area contributed by atoms with E-state index in [-0.39, 0.29) is 29.3 Å². The third-order valence-electron chi connectivity index (χ3n) is 6.20. The van der Waals surface area contributed by atoms with Gasteiger partial charge in [0.15, 0.2) is 11.3 Å². The normalized spacial score (nSPS) is 11.8. The van der Waals surface area contributed by atoms with Crippen molar-refractivity contribution in [1.82, 2.24) is 24.4 Å². The number of amides is 1. The van der Waals surface area contributed by atoms with Gasteiger partial charge in [0.25, 0.3) is 5.91 Å². The third kappa shape index (κ3) is 4.70. The van der Waals surface area contributed by atoms with E-state index in [1.54, 1.807) is 36.4 Å². The van der Waals surface area contributed by atoms with E-state index < -0.39 is 17.8 Å². The Morgan fingerprint density at radius 1 is 0.923 bits per heavy atom. The van der Waals surface area contributed by atoms with Gasteiger partial charge < -0.3 is 5.32 Å². The van der Waals surface area contributed by atoms with Gasteiger partial charge in [0, 0.05) is 11.8 Å². The topological polar surface area (TPSA) is 77.1 Å². The first kappa shape index (κ1) is 24.3. The smallest absolute Gasteiger partial charge is 0.319 e. The van der Waals surface area contributed by atoms with Crippen LogP contribution >= 0.6 is 0 Å². The summed E-state index contributed by atoms with van der Waals surface area (Å²) in [5, 5.41) is 12.2. The summed E-state index contributed by atoms with van der Waals surface area (Å²) < 4.78 is 57.8. The van der Waals surface area contributed by atoms with E-state index >= 15 is 0 Å². The molecule has 0 aliphatic rings. The van der Waals surface area contributed by atoms with Gasteiger partial charge in [0.2, 0.25) is 0 Å². The summed E-state index contributed by atoms with van der Waals surface area (Å²) in [6.07, 6.45) is -0.779. The molecule has 1 N–H and O–H groups in total. The predicted octanol–water partition coefficient (Wildman–Crippen LogP) is 6.20. The first-order chi connectivity index (χ1) is 18.8. The van der Waals surface area contributed by atoms with Gasteiger partial charge in [-0.25, -0.2) is 13.9 Å². The Kier molecular flexibility index (Phi) is 5.82. The number of carbonyl (C=O) groups is 1. The average molecular weight is 530 g/mol. The summed E-state index contributed by atoms with van der Waals surface area (Å²) in [4.78, 5) is 17.6. The van der Waals surface area contributed by atoms with Gasteiger partial charge in [0.1, 0.15) is 11.4 Å². The molecule has 6 rings (SSSR count). The van der Waals surface area contributed by atoms with Crippen molar-refractivity contribution in [3.63, 3.8) is 0 Å². The minimum atomic E-state index is -4.75. The molecule has 3 heterocycles. The number of fused-ring (bicyclic) bond motifs is 2. The van der Waals surface area contributed by atoms with Crippen molar-refractivity contribution >= 4 is 28.0 Å². The molecule has 1 amide bonds. The molecule has 3 aromatic heterocycles. The highest BCUT2D eigenvalue weighted by molar-refractivity contribution is 6.08. The van der Waals surface area contributed by atoms with Crippen LogP contribution in [0.2, 0.25) is 0 Å². The monoisotopic (exact) mass is 530 g/mol. The molecule has 0 radical (unpaired) electrons. The fourth-order valence-corrected chi connectivity index (χ4v) is 4.45. The maximum Gasteiger partial charge on any atom is 0.433 e. The number of nitrogens with zero attached hydrogens (tertiary/aromatic N) is 5. The zero-order valence-corrected chi connectivity index (χ0v) is 20.0. The average Bonchev–Trinajstić information content (AvgIpc) is 3.54. The fraction of sp³-hybridized carbons (Fsp3) is 0.0714. The summed E-state index contributed by atoms with van der Waals surface area (Å²) in [6, 6.07) is 19.5. The second-order valence-electron chi connectivity index (χ2n) is 8.86. The van der Waals surface area contributed by atoms with Crippen molar-refractivity contribution < 1.29 is 22.4 Å². The van der Waals surface area contributed by atoms with Gasteiger partial charge in [0.05, 0.1) is 30.3 Å². The fourth-order valence-electron chi connectivity index (χ4n) is 4.45. The molecular weight excluding hydrogens is 512 g/mol. The van der Waals surface area contributed by atoms with E-state index in [1.165, 1.54) is 29.2 Å². The Morgan fingerprint density at radius 3 is 2.54 bits per heavy atom. The molecule has 6 aromatic rings. The number of halogens is 4. The van der Waals surface area contributed by atoms with E-state index in [2.05, 4.69) is 20.5 Å². The number of anilines is 1. The number of aromatic nitrogens is 5. The van der Waals surface area contributed by atoms with Crippen LogP contribution in [0.1, 0.15) is 21.6 Å². The Balaban J connectivity index is 1.37. The maximum absolute atomic E-state index is 14.1. The molecule has 11 heteroatoms. The van der Waals surface area contributed by atoms with Crippen LogP contribution in [-0.4, -0.2) is 30.3 Å². The Bertz CT molecular complexity index is 1850. The predicted molar refractivity (Wildman–Crippen MR) is 137 cm³/mol. The Morgan fingerprint density at radius 2 is 1.72 bits per heavy atom. The van der Waals surface area contributed by atoms with Crippen molar-refractivity contribution in [2.24, 2.45) is 0 Å². The highest BCUT2D eigenvalue weighted by Crippen LogP contribution is 2.35. The molecule has 0 aliphatic carbocycles. The second-order valence-corrected chi connectivity index (χ2v) is 8.86. The third-order valence-corrected chi connectivity index (χ3v) is 6.20. The number of hydrogen-bond donors (Lipinski definition) is 1. The van der Waals surface area contributed by atoms with E-state index in [0.29, 0.717) is 21.3 Å². The van der Waals surface area contributed by atoms with Crippen molar-refractivity contribution in [3.8, 4) is 11.3 Å².